The van der Waals surface area contributed by atoms with Gasteiger partial charge in [-0.05, 0) is 31.1 Å². The lowest BCUT2D eigenvalue weighted by molar-refractivity contribution is -0.167. The van der Waals surface area contributed by atoms with Crippen molar-refractivity contribution in [1.82, 2.24) is 0 Å². The number of carbonyl (C=O) groups is 3. The minimum absolute atomic E-state index is 0.0662. The third-order valence-corrected chi connectivity index (χ3v) is 10.5. The van der Waals surface area contributed by atoms with Gasteiger partial charge < -0.3 is 14.2 Å². The lowest BCUT2D eigenvalue weighted by Gasteiger charge is -2.18. The number of hydrogen-bond donors (Lipinski definition) is 0. The first-order valence-electron chi connectivity index (χ1n) is 23.2. The molecule has 53 heavy (non-hydrogen) atoms. The van der Waals surface area contributed by atoms with Gasteiger partial charge in [0.05, 0.1) is 0 Å². The lowest BCUT2D eigenvalue weighted by Crippen LogP contribution is -2.30. The van der Waals surface area contributed by atoms with E-state index in [1.165, 1.54) is 135 Å². The van der Waals surface area contributed by atoms with Gasteiger partial charge in [0, 0.05) is 19.3 Å². The second-order valence-corrected chi connectivity index (χ2v) is 17.0. The zero-order valence-corrected chi connectivity index (χ0v) is 36.1. The van der Waals surface area contributed by atoms with Crippen LogP contribution < -0.4 is 0 Å². The number of ether oxygens (including phenoxy) is 3. The molecule has 0 N–H and O–H groups in total. The average Bonchev–Trinajstić information content (AvgIpc) is 3.12. The van der Waals surface area contributed by atoms with E-state index in [0.717, 1.165) is 76.0 Å². The van der Waals surface area contributed by atoms with E-state index in [1.54, 1.807) is 0 Å². The van der Waals surface area contributed by atoms with Crippen molar-refractivity contribution in [3.63, 3.8) is 0 Å². The van der Waals surface area contributed by atoms with Crippen molar-refractivity contribution >= 4 is 17.9 Å². The molecule has 0 aromatic rings. The number of esters is 3. The molecule has 0 fully saturated rings. The van der Waals surface area contributed by atoms with E-state index in [9.17, 15) is 14.4 Å². The SMILES string of the molecule is CCCCCCCC(=O)O[C@@H](COC(=O)CCCCCCCCCCCCCCCCCCC(C)C)COC(=O)CCCCCCCCCCC(C)C. The van der Waals surface area contributed by atoms with Crippen LogP contribution in [0.25, 0.3) is 0 Å². The van der Waals surface area contributed by atoms with Gasteiger partial charge in [-0.1, -0.05) is 214 Å². The normalized spacial score (nSPS) is 12.1. The Balaban J connectivity index is 4.07. The fourth-order valence-electron chi connectivity index (χ4n) is 6.93. The molecule has 0 aromatic heterocycles. The molecule has 0 heterocycles. The molecule has 0 saturated heterocycles. The second kappa shape index (κ2) is 40.1. The molecule has 0 amide bonds. The van der Waals surface area contributed by atoms with Crippen molar-refractivity contribution in [2.75, 3.05) is 13.2 Å². The van der Waals surface area contributed by atoms with E-state index in [2.05, 4.69) is 34.6 Å². The molecule has 0 bridgehead atoms. The summed E-state index contributed by atoms with van der Waals surface area (Å²) in [4.78, 5) is 37.4. The third-order valence-electron chi connectivity index (χ3n) is 10.5. The number of unbranched alkanes of at least 4 members (excludes halogenated alkanes) is 26. The summed E-state index contributed by atoms with van der Waals surface area (Å²) in [6.45, 7) is 11.2. The highest BCUT2D eigenvalue weighted by atomic mass is 16.6. The predicted molar refractivity (Wildman–Crippen MR) is 224 cm³/mol. The first-order valence-corrected chi connectivity index (χ1v) is 23.2. The molecule has 0 aliphatic carbocycles. The van der Waals surface area contributed by atoms with Crippen molar-refractivity contribution in [2.24, 2.45) is 11.8 Å². The Morgan fingerprint density at radius 3 is 0.925 bits per heavy atom. The van der Waals surface area contributed by atoms with Crippen LogP contribution in [0, 0.1) is 11.8 Å². The van der Waals surface area contributed by atoms with Crippen LogP contribution in [0.2, 0.25) is 0 Å². The number of hydrogen-bond acceptors (Lipinski definition) is 6. The number of carbonyl (C=O) groups excluding carboxylic acids is 3. The van der Waals surface area contributed by atoms with E-state index in [1.807, 2.05) is 0 Å². The molecule has 6 nitrogen and oxygen atoms in total. The van der Waals surface area contributed by atoms with E-state index >= 15 is 0 Å². The molecular formula is C47H90O6. The molecule has 0 rings (SSSR count). The van der Waals surface area contributed by atoms with Gasteiger partial charge in [0.1, 0.15) is 13.2 Å². The predicted octanol–water partition coefficient (Wildman–Crippen LogP) is 14.6. The van der Waals surface area contributed by atoms with Gasteiger partial charge in [-0.15, -0.1) is 0 Å². The Morgan fingerprint density at radius 1 is 0.358 bits per heavy atom. The Bertz CT molecular complexity index is 809. The van der Waals surface area contributed by atoms with E-state index in [-0.39, 0.29) is 31.1 Å². The van der Waals surface area contributed by atoms with Crippen molar-refractivity contribution in [3.05, 3.63) is 0 Å². The molecule has 0 saturated carbocycles. The van der Waals surface area contributed by atoms with E-state index < -0.39 is 6.10 Å². The van der Waals surface area contributed by atoms with Crippen molar-refractivity contribution < 1.29 is 28.6 Å². The summed E-state index contributed by atoms with van der Waals surface area (Å²) in [5.74, 6) is 0.777. The van der Waals surface area contributed by atoms with Crippen LogP contribution in [0.4, 0.5) is 0 Å². The maximum Gasteiger partial charge on any atom is 0.306 e. The highest BCUT2D eigenvalue weighted by Crippen LogP contribution is 2.17. The molecule has 0 aliphatic rings. The van der Waals surface area contributed by atoms with Crippen molar-refractivity contribution in [2.45, 2.75) is 259 Å². The minimum Gasteiger partial charge on any atom is -0.462 e. The quantitative estimate of drug-likeness (QED) is 0.0352. The van der Waals surface area contributed by atoms with Crippen LogP contribution in [-0.4, -0.2) is 37.2 Å². The first-order chi connectivity index (χ1) is 25.7. The van der Waals surface area contributed by atoms with Crippen LogP contribution >= 0.6 is 0 Å². The summed E-state index contributed by atoms with van der Waals surface area (Å²) >= 11 is 0. The fourth-order valence-corrected chi connectivity index (χ4v) is 6.93. The molecule has 314 valence electrons. The first kappa shape index (κ1) is 51.4. The molecule has 0 unspecified atom stereocenters. The van der Waals surface area contributed by atoms with Crippen LogP contribution in [0.3, 0.4) is 0 Å². The van der Waals surface area contributed by atoms with E-state index in [4.69, 9.17) is 14.2 Å². The zero-order valence-electron chi connectivity index (χ0n) is 36.1. The Hall–Kier alpha value is -1.59. The van der Waals surface area contributed by atoms with Crippen LogP contribution in [0.1, 0.15) is 253 Å². The topological polar surface area (TPSA) is 78.9 Å². The van der Waals surface area contributed by atoms with Crippen LogP contribution in [-0.2, 0) is 28.6 Å². The van der Waals surface area contributed by atoms with Gasteiger partial charge in [0.25, 0.3) is 0 Å². The fraction of sp³-hybridized carbons (Fsp3) is 0.936. The van der Waals surface area contributed by atoms with Gasteiger partial charge in [-0.25, -0.2) is 0 Å². The highest BCUT2D eigenvalue weighted by molar-refractivity contribution is 5.71. The molecule has 6 heteroatoms. The average molecular weight is 751 g/mol. The Labute approximate surface area is 329 Å². The van der Waals surface area contributed by atoms with Gasteiger partial charge in [0.2, 0.25) is 0 Å². The number of rotatable bonds is 41. The minimum atomic E-state index is -0.758. The Kier molecular flexibility index (Phi) is 38.9. The largest absolute Gasteiger partial charge is 0.462 e. The van der Waals surface area contributed by atoms with E-state index in [0.29, 0.717) is 19.3 Å². The summed E-state index contributed by atoms with van der Waals surface area (Å²) in [5, 5.41) is 0. The van der Waals surface area contributed by atoms with Crippen LogP contribution in [0.15, 0.2) is 0 Å². The maximum atomic E-state index is 12.5. The van der Waals surface area contributed by atoms with Crippen molar-refractivity contribution in [1.29, 1.82) is 0 Å². The molecule has 0 aliphatic heterocycles. The highest BCUT2D eigenvalue weighted by Gasteiger charge is 2.19. The summed E-state index contributed by atoms with van der Waals surface area (Å²) < 4.78 is 16.6. The molecule has 1 atom stereocenters. The summed E-state index contributed by atoms with van der Waals surface area (Å²) in [7, 11) is 0. The van der Waals surface area contributed by atoms with Crippen molar-refractivity contribution in [3.8, 4) is 0 Å². The van der Waals surface area contributed by atoms with Crippen LogP contribution in [0.5, 0.6) is 0 Å². The zero-order chi connectivity index (χ0) is 39.0. The maximum absolute atomic E-state index is 12.5. The summed E-state index contributed by atoms with van der Waals surface area (Å²) in [6.07, 6.45) is 38.4. The molecular weight excluding hydrogens is 661 g/mol. The summed E-state index contributed by atoms with van der Waals surface area (Å²) in [5.41, 5.74) is 0. The van der Waals surface area contributed by atoms with Gasteiger partial charge in [-0.3, -0.25) is 14.4 Å². The third kappa shape index (κ3) is 41.4. The monoisotopic (exact) mass is 751 g/mol. The van der Waals surface area contributed by atoms with Gasteiger partial charge >= 0.3 is 17.9 Å². The standard InChI is InChI=1S/C47H90O6/c1-6-7-8-25-34-39-47(50)53-44(41-52-46(49)38-33-29-24-20-19-22-27-31-36-43(4)5)40-51-45(48)37-32-28-23-18-16-14-12-10-9-11-13-15-17-21-26-30-35-42(2)3/h42-44H,6-41H2,1-5H3/t44-/m0/s1. The Morgan fingerprint density at radius 2 is 0.623 bits per heavy atom. The molecule has 0 radical (unpaired) electrons. The van der Waals surface area contributed by atoms with Gasteiger partial charge in [-0.2, -0.15) is 0 Å². The van der Waals surface area contributed by atoms with Gasteiger partial charge in [0.15, 0.2) is 6.10 Å². The molecule has 0 spiro atoms. The smallest absolute Gasteiger partial charge is 0.306 e. The summed E-state index contributed by atoms with van der Waals surface area (Å²) in [6, 6.07) is 0. The molecule has 0 aromatic carbocycles. The lowest BCUT2D eigenvalue weighted by atomic mass is 10.0. The second-order valence-electron chi connectivity index (χ2n) is 17.0.